The van der Waals surface area contributed by atoms with Crippen LogP contribution < -0.4 is 5.56 Å². The predicted molar refractivity (Wildman–Crippen MR) is 99.3 cm³/mol. The molecule has 24 heavy (non-hydrogen) atoms. The molecule has 7 heteroatoms. The minimum absolute atomic E-state index is 0.0235. The van der Waals surface area contributed by atoms with E-state index in [1.54, 1.807) is 41.5 Å². The van der Waals surface area contributed by atoms with E-state index in [9.17, 15) is 9.59 Å². The maximum absolute atomic E-state index is 12.8. The van der Waals surface area contributed by atoms with Crippen molar-refractivity contribution in [2.75, 3.05) is 7.05 Å². The van der Waals surface area contributed by atoms with Crippen LogP contribution in [-0.4, -0.2) is 27.8 Å². The summed E-state index contributed by atoms with van der Waals surface area (Å²) in [5.41, 5.74) is 0.813. The number of hydrogen-bond acceptors (Lipinski definition) is 4. The molecule has 0 aliphatic heterocycles. The van der Waals surface area contributed by atoms with Gasteiger partial charge in [0, 0.05) is 22.4 Å². The van der Waals surface area contributed by atoms with Crippen molar-refractivity contribution in [1.82, 2.24) is 14.9 Å². The van der Waals surface area contributed by atoms with E-state index in [4.69, 9.17) is 12.2 Å². The zero-order valence-corrected chi connectivity index (χ0v) is 15.2. The molecule has 1 amide bonds. The van der Waals surface area contributed by atoms with Crippen molar-refractivity contribution in [3.8, 4) is 0 Å². The maximum Gasteiger partial charge on any atom is 0.259 e. The minimum Gasteiger partial charge on any atom is -0.334 e. The first-order valence-corrected chi connectivity index (χ1v) is 8.69. The second-order valence-electron chi connectivity index (χ2n) is 5.71. The molecule has 0 fully saturated rings. The van der Waals surface area contributed by atoms with E-state index in [-0.39, 0.29) is 22.3 Å². The molecule has 2 aromatic heterocycles. The van der Waals surface area contributed by atoms with Gasteiger partial charge in [-0.15, -0.1) is 11.3 Å². The van der Waals surface area contributed by atoms with E-state index in [1.807, 2.05) is 19.9 Å². The Bertz CT molecular complexity index is 1030. The van der Waals surface area contributed by atoms with Gasteiger partial charge >= 0.3 is 0 Å². The van der Waals surface area contributed by atoms with Gasteiger partial charge in [-0.1, -0.05) is 0 Å². The Morgan fingerprint density at radius 2 is 2.00 bits per heavy atom. The third kappa shape index (κ3) is 3.05. The van der Waals surface area contributed by atoms with Crippen LogP contribution in [0.1, 0.15) is 33.1 Å². The average molecular weight is 359 g/mol. The van der Waals surface area contributed by atoms with E-state index >= 15 is 0 Å². The fourth-order valence-electron chi connectivity index (χ4n) is 2.55. The Labute approximate surface area is 148 Å². The van der Waals surface area contributed by atoms with Gasteiger partial charge < -0.3 is 9.88 Å². The fraction of sp³-hybridized carbons (Fsp3) is 0.235. The number of aryl methyl sites for hydroxylation is 1. The first-order chi connectivity index (χ1) is 11.4. The Kier molecular flexibility index (Phi) is 4.38. The highest BCUT2D eigenvalue weighted by atomic mass is 32.1. The van der Waals surface area contributed by atoms with E-state index in [1.165, 1.54) is 4.88 Å². The van der Waals surface area contributed by atoms with Gasteiger partial charge in [-0.3, -0.25) is 14.6 Å². The lowest BCUT2D eigenvalue weighted by Crippen LogP contribution is -2.29. The normalized spacial score (nSPS) is 12.3. The summed E-state index contributed by atoms with van der Waals surface area (Å²) < 4.78 is 0.243. The van der Waals surface area contributed by atoms with Gasteiger partial charge in [0.25, 0.3) is 11.5 Å². The fourth-order valence-corrected chi connectivity index (χ4v) is 3.73. The molecule has 3 aromatic rings. The standard InChI is InChI=1S/C17H17N3O2S2/c1-9-4-7-14(24-9)10(2)20(3)16(22)11-5-6-12-13(8-11)18-17(23)19-15(12)21/h4-8,10H,1-3H3,(H2,18,19,21,23)/t10-/m0/s1. The number of carbonyl (C=O) groups excluding carboxylic acids is 1. The van der Waals surface area contributed by atoms with Crippen LogP contribution in [0.5, 0.6) is 0 Å². The number of thiophene rings is 1. The van der Waals surface area contributed by atoms with Crippen molar-refractivity contribution < 1.29 is 4.79 Å². The first kappa shape index (κ1) is 16.6. The minimum atomic E-state index is -0.261. The summed E-state index contributed by atoms with van der Waals surface area (Å²) in [6, 6.07) is 9.05. The van der Waals surface area contributed by atoms with Gasteiger partial charge in [-0.25, -0.2) is 0 Å². The summed E-state index contributed by atoms with van der Waals surface area (Å²) in [6.45, 7) is 4.05. The lowest BCUT2D eigenvalue weighted by Gasteiger charge is -2.24. The highest BCUT2D eigenvalue weighted by Gasteiger charge is 2.20. The Morgan fingerprint density at radius 3 is 2.67 bits per heavy atom. The van der Waals surface area contributed by atoms with Gasteiger partial charge in [0.15, 0.2) is 4.77 Å². The molecule has 0 aliphatic carbocycles. The topological polar surface area (TPSA) is 69.0 Å². The zero-order chi connectivity index (χ0) is 17.4. The predicted octanol–water partition coefficient (Wildman–Crippen LogP) is 3.79. The van der Waals surface area contributed by atoms with Crippen LogP contribution in [0.2, 0.25) is 0 Å². The van der Waals surface area contributed by atoms with E-state index in [2.05, 4.69) is 16.0 Å². The highest BCUT2D eigenvalue weighted by molar-refractivity contribution is 7.71. The number of amides is 1. The number of aromatic amines is 2. The summed E-state index contributed by atoms with van der Waals surface area (Å²) in [6.07, 6.45) is 0. The third-order valence-corrected chi connectivity index (χ3v) is 5.44. The Morgan fingerprint density at radius 1 is 1.25 bits per heavy atom. The second kappa shape index (κ2) is 6.33. The molecule has 5 nitrogen and oxygen atoms in total. The Hall–Kier alpha value is -2.25. The Balaban J connectivity index is 1.96. The molecule has 2 heterocycles. The molecule has 0 bridgehead atoms. The smallest absolute Gasteiger partial charge is 0.259 e. The van der Waals surface area contributed by atoms with Crippen LogP contribution in [0.4, 0.5) is 0 Å². The number of hydrogen-bond donors (Lipinski definition) is 2. The van der Waals surface area contributed by atoms with E-state index < -0.39 is 0 Å². The number of rotatable bonds is 3. The number of nitrogens with one attached hydrogen (secondary N) is 2. The summed E-state index contributed by atoms with van der Waals surface area (Å²) >= 11 is 6.67. The van der Waals surface area contributed by atoms with Crippen LogP contribution in [0.25, 0.3) is 10.9 Å². The molecule has 124 valence electrons. The molecule has 0 saturated carbocycles. The third-order valence-electron chi connectivity index (χ3n) is 4.06. The molecule has 1 atom stereocenters. The molecular weight excluding hydrogens is 342 g/mol. The summed E-state index contributed by atoms with van der Waals surface area (Å²) in [5, 5.41) is 0.477. The van der Waals surface area contributed by atoms with Crippen LogP contribution >= 0.6 is 23.6 Å². The van der Waals surface area contributed by atoms with Gasteiger partial charge in [0.05, 0.1) is 16.9 Å². The number of fused-ring (bicyclic) bond motifs is 1. The molecule has 2 N–H and O–H groups in total. The monoisotopic (exact) mass is 359 g/mol. The van der Waals surface area contributed by atoms with Gasteiger partial charge in [-0.2, -0.15) is 0 Å². The zero-order valence-electron chi connectivity index (χ0n) is 13.5. The summed E-state index contributed by atoms with van der Waals surface area (Å²) in [5.74, 6) is -0.102. The van der Waals surface area contributed by atoms with Crippen molar-refractivity contribution in [3.05, 3.63) is 60.8 Å². The van der Waals surface area contributed by atoms with Crippen molar-refractivity contribution >= 4 is 40.4 Å². The number of benzene rings is 1. The van der Waals surface area contributed by atoms with Crippen LogP contribution in [0.15, 0.2) is 35.1 Å². The summed E-state index contributed by atoms with van der Waals surface area (Å²) in [4.78, 5) is 34.2. The largest absolute Gasteiger partial charge is 0.334 e. The van der Waals surface area contributed by atoms with Gasteiger partial charge in [0.2, 0.25) is 0 Å². The number of H-pyrrole nitrogens is 2. The molecular formula is C17H17N3O2S2. The lowest BCUT2D eigenvalue weighted by atomic mass is 10.1. The molecule has 3 rings (SSSR count). The van der Waals surface area contributed by atoms with Crippen molar-refractivity contribution in [1.29, 1.82) is 0 Å². The first-order valence-electron chi connectivity index (χ1n) is 7.46. The molecule has 0 unspecified atom stereocenters. The van der Waals surface area contributed by atoms with Crippen LogP contribution in [0.3, 0.4) is 0 Å². The molecule has 1 aromatic carbocycles. The van der Waals surface area contributed by atoms with Crippen LogP contribution in [0, 0.1) is 11.7 Å². The SMILES string of the molecule is Cc1ccc([C@H](C)N(C)C(=O)c2ccc3c(=O)[nH]c(=S)[nH]c3c2)s1. The lowest BCUT2D eigenvalue weighted by molar-refractivity contribution is 0.0745. The van der Waals surface area contributed by atoms with Crippen molar-refractivity contribution in [3.63, 3.8) is 0 Å². The van der Waals surface area contributed by atoms with Crippen molar-refractivity contribution in [2.45, 2.75) is 19.9 Å². The highest BCUT2D eigenvalue weighted by Crippen LogP contribution is 2.27. The number of carbonyl (C=O) groups is 1. The van der Waals surface area contributed by atoms with Gasteiger partial charge in [0.1, 0.15) is 0 Å². The average Bonchev–Trinajstić information content (AvgIpc) is 2.98. The molecule has 0 spiro atoms. The van der Waals surface area contributed by atoms with Gasteiger partial charge in [-0.05, 0) is 56.4 Å². The van der Waals surface area contributed by atoms with E-state index in [0.29, 0.717) is 16.5 Å². The molecule has 0 radical (unpaired) electrons. The number of aromatic nitrogens is 2. The van der Waals surface area contributed by atoms with Crippen molar-refractivity contribution in [2.24, 2.45) is 0 Å². The quantitative estimate of drug-likeness (QED) is 0.699. The molecule has 0 saturated heterocycles. The second-order valence-corrected chi connectivity index (χ2v) is 7.44. The molecule has 0 aliphatic rings. The number of nitrogens with zero attached hydrogens (tertiary/aromatic N) is 1. The van der Waals surface area contributed by atoms with E-state index in [0.717, 1.165) is 4.88 Å². The maximum atomic E-state index is 12.8. The summed E-state index contributed by atoms with van der Waals surface area (Å²) in [7, 11) is 1.78. The van der Waals surface area contributed by atoms with Crippen LogP contribution in [-0.2, 0) is 0 Å².